The Kier molecular flexibility index (Phi) is 8.08. The molecular weight excluding hydrogens is 474 g/mol. The minimum absolute atomic E-state index is 0.188. The van der Waals surface area contributed by atoms with Crippen LogP contribution in [-0.2, 0) is 27.2 Å². The average Bonchev–Trinajstić information content (AvgIpc) is 3.20. The van der Waals surface area contributed by atoms with Crippen LogP contribution in [0, 0.1) is 0 Å². The zero-order valence-electron chi connectivity index (χ0n) is 20.7. The largest absolute Gasteiger partial charge is 0.469 e. The SMILES string of the molecule is COC(=O)CCc1ccc(C(Nc2ccc(CCN(C)C)cc2)=C2C(=O)Nc3cc(Cl)ccc32)cc1. The van der Waals surface area contributed by atoms with Crippen molar-refractivity contribution in [3.8, 4) is 0 Å². The highest BCUT2D eigenvalue weighted by molar-refractivity contribution is 6.38. The van der Waals surface area contributed by atoms with Gasteiger partial charge in [-0.3, -0.25) is 9.59 Å². The number of fused-ring (bicyclic) bond motifs is 1. The van der Waals surface area contributed by atoms with Crippen LogP contribution in [0.15, 0.2) is 66.7 Å². The molecule has 0 bridgehead atoms. The molecule has 1 aliphatic rings. The van der Waals surface area contributed by atoms with Gasteiger partial charge < -0.3 is 20.3 Å². The number of carbonyl (C=O) groups is 2. The molecule has 186 valence electrons. The van der Waals surface area contributed by atoms with E-state index in [0.717, 1.165) is 35.3 Å². The molecule has 0 atom stereocenters. The number of carbonyl (C=O) groups excluding carboxylic acids is 2. The van der Waals surface area contributed by atoms with E-state index in [1.54, 1.807) is 12.1 Å². The number of nitrogens with one attached hydrogen (secondary N) is 2. The second kappa shape index (κ2) is 11.4. The Bertz CT molecular complexity index is 1280. The summed E-state index contributed by atoms with van der Waals surface area (Å²) in [5, 5.41) is 6.99. The van der Waals surface area contributed by atoms with E-state index in [9.17, 15) is 9.59 Å². The summed E-state index contributed by atoms with van der Waals surface area (Å²) in [4.78, 5) is 26.8. The molecule has 0 fully saturated rings. The highest BCUT2D eigenvalue weighted by Gasteiger charge is 2.28. The molecule has 0 saturated heterocycles. The molecule has 1 amide bonds. The standard InChI is InChI=1S/C29H30ClN3O3/c1-33(2)17-16-20-6-12-23(13-7-20)31-28(21-9-4-19(5-10-21)8-15-26(34)36-3)27-24-14-11-22(30)18-25(24)32-29(27)35/h4-7,9-14,18,31H,8,15-17H2,1-3H3,(H,32,35). The number of halogens is 1. The number of rotatable bonds is 9. The number of benzene rings is 3. The van der Waals surface area contributed by atoms with E-state index in [-0.39, 0.29) is 11.9 Å². The van der Waals surface area contributed by atoms with Crippen LogP contribution in [0.25, 0.3) is 11.3 Å². The molecular formula is C29H30ClN3O3. The molecule has 4 rings (SSSR count). The van der Waals surface area contributed by atoms with Crippen molar-refractivity contribution in [2.75, 3.05) is 38.4 Å². The van der Waals surface area contributed by atoms with Gasteiger partial charge in [-0.25, -0.2) is 0 Å². The van der Waals surface area contributed by atoms with Gasteiger partial charge in [-0.1, -0.05) is 54.1 Å². The van der Waals surface area contributed by atoms with Crippen LogP contribution in [0.3, 0.4) is 0 Å². The number of hydrogen-bond acceptors (Lipinski definition) is 5. The Hall–Kier alpha value is -3.61. The van der Waals surface area contributed by atoms with Crippen molar-refractivity contribution < 1.29 is 14.3 Å². The number of anilines is 2. The number of ether oxygens (including phenoxy) is 1. The van der Waals surface area contributed by atoms with E-state index in [0.29, 0.717) is 34.8 Å². The first-order valence-corrected chi connectivity index (χ1v) is 12.2. The molecule has 0 unspecified atom stereocenters. The van der Waals surface area contributed by atoms with Crippen molar-refractivity contribution in [2.24, 2.45) is 0 Å². The molecule has 2 N–H and O–H groups in total. The smallest absolute Gasteiger partial charge is 0.305 e. The summed E-state index contributed by atoms with van der Waals surface area (Å²) >= 11 is 6.17. The van der Waals surface area contributed by atoms with Gasteiger partial charge in [0.25, 0.3) is 5.91 Å². The van der Waals surface area contributed by atoms with Crippen LogP contribution in [0.5, 0.6) is 0 Å². The van der Waals surface area contributed by atoms with Crippen LogP contribution in [-0.4, -0.2) is 44.5 Å². The third-order valence-electron chi connectivity index (χ3n) is 6.14. The fourth-order valence-electron chi connectivity index (χ4n) is 4.11. The molecule has 6 nitrogen and oxygen atoms in total. The molecule has 0 aromatic heterocycles. The second-order valence-electron chi connectivity index (χ2n) is 9.04. The first-order chi connectivity index (χ1) is 17.3. The van der Waals surface area contributed by atoms with Crippen LogP contribution in [0.2, 0.25) is 5.02 Å². The Balaban J connectivity index is 1.69. The zero-order valence-corrected chi connectivity index (χ0v) is 21.5. The van der Waals surface area contributed by atoms with Crippen molar-refractivity contribution in [2.45, 2.75) is 19.3 Å². The third-order valence-corrected chi connectivity index (χ3v) is 6.37. The highest BCUT2D eigenvalue weighted by atomic mass is 35.5. The summed E-state index contributed by atoms with van der Waals surface area (Å²) in [6.45, 7) is 0.976. The average molecular weight is 504 g/mol. The molecule has 7 heteroatoms. The number of esters is 1. The predicted molar refractivity (Wildman–Crippen MR) is 146 cm³/mol. The van der Waals surface area contributed by atoms with Gasteiger partial charge in [-0.15, -0.1) is 0 Å². The lowest BCUT2D eigenvalue weighted by atomic mass is 9.98. The Morgan fingerprint density at radius 3 is 2.31 bits per heavy atom. The number of amides is 1. The molecule has 36 heavy (non-hydrogen) atoms. The maximum absolute atomic E-state index is 13.1. The molecule has 1 heterocycles. The fourth-order valence-corrected chi connectivity index (χ4v) is 4.28. The Morgan fingerprint density at radius 1 is 0.972 bits per heavy atom. The summed E-state index contributed by atoms with van der Waals surface area (Å²) in [5.74, 6) is -0.428. The first-order valence-electron chi connectivity index (χ1n) is 11.9. The maximum Gasteiger partial charge on any atom is 0.305 e. The van der Waals surface area contributed by atoms with E-state index < -0.39 is 0 Å². The van der Waals surface area contributed by atoms with E-state index >= 15 is 0 Å². The quantitative estimate of drug-likeness (QED) is 0.299. The number of hydrogen-bond donors (Lipinski definition) is 2. The lowest BCUT2D eigenvalue weighted by molar-refractivity contribution is -0.140. The highest BCUT2D eigenvalue weighted by Crippen LogP contribution is 2.38. The molecule has 3 aromatic rings. The lowest BCUT2D eigenvalue weighted by Crippen LogP contribution is -2.15. The zero-order chi connectivity index (χ0) is 25.7. The van der Waals surface area contributed by atoms with Gasteiger partial charge in [0.15, 0.2) is 0 Å². The van der Waals surface area contributed by atoms with Gasteiger partial charge in [0, 0.05) is 29.2 Å². The summed E-state index contributed by atoms with van der Waals surface area (Å²) < 4.78 is 4.74. The Labute approximate surface area is 216 Å². The number of likely N-dealkylation sites (N-methyl/N-ethyl adjacent to an activating group) is 1. The normalized spacial score (nSPS) is 13.9. The molecule has 1 aliphatic heterocycles. The van der Waals surface area contributed by atoms with Gasteiger partial charge >= 0.3 is 5.97 Å². The predicted octanol–water partition coefficient (Wildman–Crippen LogP) is 5.48. The number of methoxy groups -OCH3 is 1. The molecule has 0 saturated carbocycles. The second-order valence-corrected chi connectivity index (χ2v) is 9.48. The van der Waals surface area contributed by atoms with E-state index in [1.165, 1.54) is 12.7 Å². The van der Waals surface area contributed by atoms with Crippen LogP contribution >= 0.6 is 11.6 Å². The lowest BCUT2D eigenvalue weighted by Gasteiger charge is -2.16. The van der Waals surface area contributed by atoms with Crippen molar-refractivity contribution >= 4 is 46.1 Å². The Morgan fingerprint density at radius 2 is 1.64 bits per heavy atom. The van der Waals surface area contributed by atoms with Crippen molar-refractivity contribution in [1.29, 1.82) is 0 Å². The topological polar surface area (TPSA) is 70.7 Å². The van der Waals surface area contributed by atoms with Crippen LogP contribution in [0.4, 0.5) is 11.4 Å². The number of aryl methyl sites for hydroxylation is 1. The van der Waals surface area contributed by atoms with Crippen LogP contribution < -0.4 is 10.6 Å². The summed E-state index contributed by atoms with van der Waals surface area (Å²) in [6, 6.07) is 21.6. The third kappa shape index (κ3) is 6.14. The van der Waals surface area contributed by atoms with E-state index in [2.05, 4.69) is 41.8 Å². The van der Waals surface area contributed by atoms with E-state index in [4.69, 9.17) is 16.3 Å². The summed E-state index contributed by atoms with van der Waals surface area (Å²) in [6.07, 6.45) is 1.87. The number of nitrogens with zero attached hydrogens (tertiary/aromatic N) is 1. The maximum atomic E-state index is 13.1. The minimum atomic E-state index is -0.240. The van der Waals surface area contributed by atoms with Crippen molar-refractivity contribution in [3.63, 3.8) is 0 Å². The molecule has 3 aromatic carbocycles. The molecule has 0 spiro atoms. The van der Waals surface area contributed by atoms with E-state index in [1.807, 2.05) is 42.5 Å². The minimum Gasteiger partial charge on any atom is -0.469 e. The molecule has 0 aliphatic carbocycles. The van der Waals surface area contributed by atoms with Crippen LogP contribution in [0.1, 0.15) is 28.7 Å². The van der Waals surface area contributed by atoms with Gasteiger partial charge in [-0.05, 0) is 67.9 Å². The summed E-state index contributed by atoms with van der Waals surface area (Å²) in [7, 11) is 5.52. The van der Waals surface area contributed by atoms with Gasteiger partial charge in [-0.2, -0.15) is 0 Å². The summed E-state index contributed by atoms with van der Waals surface area (Å²) in [5.41, 5.74) is 6.76. The van der Waals surface area contributed by atoms with Gasteiger partial charge in [0.2, 0.25) is 0 Å². The van der Waals surface area contributed by atoms with Crippen molar-refractivity contribution in [1.82, 2.24) is 4.90 Å². The van der Waals surface area contributed by atoms with Crippen molar-refractivity contribution in [3.05, 3.63) is 94.0 Å². The van der Waals surface area contributed by atoms with Gasteiger partial charge in [0.1, 0.15) is 0 Å². The fraction of sp³-hybridized carbons (Fsp3) is 0.241. The van der Waals surface area contributed by atoms with Gasteiger partial charge in [0.05, 0.1) is 24.1 Å². The monoisotopic (exact) mass is 503 g/mol. The first kappa shape index (κ1) is 25.5. The molecule has 0 radical (unpaired) electrons.